The van der Waals surface area contributed by atoms with Crippen molar-refractivity contribution in [2.45, 2.75) is 18.9 Å². The third-order valence-electron chi connectivity index (χ3n) is 4.60. The Bertz CT molecular complexity index is 588. The van der Waals surface area contributed by atoms with Gasteiger partial charge in [-0.2, -0.15) is 5.26 Å². The molecule has 0 radical (unpaired) electrons. The first-order valence-corrected chi connectivity index (χ1v) is 7.80. The zero-order chi connectivity index (χ0) is 15.5. The van der Waals surface area contributed by atoms with Crippen molar-refractivity contribution < 1.29 is 4.79 Å². The molecule has 0 N–H and O–H groups in total. The number of carbonyl (C=O) groups is 1. The summed E-state index contributed by atoms with van der Waals surface area (Å²) in [7, 11) is 2.03. The lowest BCUT2D eigenvalue weighted by molar-refractivity contribution is -0.135. The summed E-state index contributed by atoms with van der Waals surface area (Å²) in [5.74, 6) is 0.983. The van der Waals surface area contributed by atoms with Gasteiger partial charge < -0.3 is 9.80 Å². The Labute approximate surface area is 130 Å². The summed E-state index contributed by atoms with van der Waals surface area (Å²) < 4.78 is 0. The number of hydrogen-bond donors (Lipinski definition) is 0. The molecule has 2 aliphatic heterocycles. The number of amides is 1. The fraction of sp³-hybridized carbons (Fsp3) is 0.562. The van der Waals surface area contributed by atoms with Crippen LogP contribution in [0.25, 0.3) is 0 Å². The van der Waals surface area contributed by atoms with Crippen molar-refractivity contribution in [1.29, 1.82) is 5.26 Å². The zero-order valence-corrected chi connectivity index (χ0v) is 12.9. The van der Waals surface area contributed by atoms with Gasteiger partial charge in [-0.15, -0.1) is 0 Å². The van der Waals surface area contributed by atoms with Gasteiger partial charge in [-0.3, -0.25) is 9.69 Å². The van der Waals surface area contributed by atoms with E-state index in [2.05, 4.69) is 20.9 Å². The van der Waals surface area contributed by atoms with E-state index in [9.17, 15) is 10.1 Å². The Morgan fingerprint density at radius 2 is 2.09 bits per heavy atom. The molecule has 3 rings (SSSR count). The smallest absolute Gasteiger partial charge is 0.240 e. The maximum absolute atomic E-state index is 12.6. The average Bonchev–Trinajstić information content (AvgIpc) is 3.00. The van der Waals surface area contributed by atoms with Gasteiger partial charge in [-0.05, 0) is 38.6 Å². The maximum atomic E-state index is 12.6. The molecule has 0 aliphatic carbocycles. The van der Waals surface area contributed by atoms with E-state index in [-0.39, 0.29) is 11.9 Å². The van der Waals surface area contributed by atoms with Crippen LogP contribution in [0.15, 0.2) is 18.3 Å². The number of carbonyl (C=O) groups excluding carboxylic acids is 1. The molecule has 0 spiro atoms. The van der Waals surface area contributed by atoms with Crippen LogP contribution in [-0.2, 0) is 4.79 Å². The van der Waals surface area contributed by atoms with Crippen LogP contribution >= 0.6 is 0 Å². The molecule has 6 heteroatoms. The molecule has 2 aliphatic rings. The van der Waals surface area contributed by atoms with Crippen LogP contribution < -0.4 is 4.90 Å². The summed E-state index contributed by atoms with van der Waals surface area (Å²) >= 11 is 0. The molecule has 1 unspecified atom stereocenters. The second kappa shape index (κ2) is 6.32. The van der Waals surface area contributed by atoms with Crippen LogP contribution in [0.4, 0.5) is 5.82 Å². The van der Waals surface area contributed by atoms with Crippen molar-refractivity contribution in [3.8, 4) is 6.07 Å². The molecule has 0 saturated carbocycles. The molecule has 6 nitrogen and oxygen atoms in total. The SMILES string of the molecule is CN1CCCC1C(=O)N1CCN(c2ncccc2C#N)CC1. The standard InChI is InChI=1S/C16H21N5O/c1-19-7-3-5-14(19)16(22)21-10-8-20(9-11-21)15-13(12-17)4-2-6-18-15/h2,4,6,14H,3,5,7-11H2,1H3. The Morgan fingerprint density at radius 1 is 1.32 bits per heavy atom. The first kappa shape index (κ1) is 14.8. The molecular formula is C16H21N5O. The first-order chi connectivity index (χ1) is 10.7. The fourth-order valence-corrected chi connectivity index (χ4v) is 3.31. The fourth-order valence-electron chi connectivity index (χ4n) is 3.31. The van der Waals surface area contributed by atoms with Crippen molar-refractivity contribution >= 4 is 11.7 Å². The van der Waals surface area contributed by atoms with Gasteiger partial charge >= 0.3 is 0 Å². The second-order valence-electron chi connectivity index (χ2n) is 5.94. The monoisotopic (exact) mass is 299 g/mol. The predicted octanol–water partition coefficient (Wildman–Crippen LogP) is 0.696. The van der Waals surface area contributed by atoms with E-state index >= 15 is 0 Å². The number of likely N-dealkylation sites (N-methyl/N-ethyl adjacent to an activating group) is 1. The van der Waals surface area contributed by atoms with Gasteiger partial charge in [0.1, 0.15) is 11.9 Å². The number of nitriles is 1. The van der Waals surface area contributed by atoms with Gasteiger partial charge in [0, 0.05) is 32.4 Å². The number of rotatable bonds is 2. The summed E-state index contributed by atoms with van der Waals surface area (Å²) in [5, 5.41) is 9.18. The summed E-state index contributed by atoms with van der Waals surface area (Å²) in [5.41, 5.74) is 0.595. The van der Waals surface area contributed by atoms with Gasteiger partial charge in [0.05, 0.1) is 11.6 Å². The molecule has 22 heavy (non-hydrogen) atoms. The van der Waals surface area contributed by atoms with E-state index in [1.54, 1.807) is 18.3 Å². The van der Waals surface area contributed by atoms with Crippen molar-refractivity contribution in [3.05, 3.63) is 23.9 Å². The summed E-state index contributed by atoms with van der Waals surface area (Å²) in [6.07, 6.45) is 3.78. The van der Waals surface area contributed by atoms with Crippen molar-refractivity contribution in [1.82, 2.24) is 14.8 Å². The van der Waals surface area contributed by atoms with E-state index in [0.717, 1.165) is 38.3 Å². The molecule has 0 aromatic carbocycles. The van der Waals surface area contributed by atoms with Gasteiger partial charge in [0.25, 0.3) is 0 Å². The highest BCUT2D eigenvalue weighted by atomic mass is 16.2. The van der Waals surface area contributed by atoms with Crippen LogP contribution in [0.1, 0.15) is 18.4 Å². The van der Waals surface area contributed by atoms with Gasteiger partial charge in [-0.1, -0.05) is 0 Å². The topological polar surface area (TPSA) is 63.5 Å². The lowest BCUT2D eigenvalue weighted by Gasteiger charge is -2.37. The van der Waals surface area contributed by atoms with Crippen LogP contribution in [0.2, 0.25) is 0 Å². The summed E-state index contributed by atoms with van der Waals surface area (Å²) in [4.78, 5) is 23.1. The van der Waals surface area contributed by atoms with Crippen molar-refractivity contribution in [2.24, 2.45) is 0 Å². The van der Waals surface area contributed by atoms with Gasteiger partial charge in [0.15, 0.2) is 0 Å². The molecule has 1 aromatic heterocycles. The molecule has 116 valence electrons. The molecular weight excluding hydrogens is 278 g/mol. The maximum Gasteiger partial charge on any atom is 0.240 e. The average molecular weight is 299 g/mol. The number of hydrogen-bond acceptors (Lipinski definition) is 5. The van der Waals surface area contributed by atoms with E-state index in [0.29, 0.717) is 18.7 Å². The molecule has 2 fully saturated rings. The molecule has 0 bridgehead atoms. The normalized spacial score (nSPS) is 22.6. The van der Waals surface area contributed by atoms with Crippen LogP contribution in [0.5, 0.6) is 0 Å². The van der Waals surface area contributed by atoms with E-state index < -0.39 is 0 Å². The zero-order valence-electron chi connectivity index (χ0n) is 12.9. The Morgan fingerprint density at radius 3 is 2.73 bits per heavy atom. The number of pyridine rings is 1. The minimum absolute atomic E-state index is 0.0519. The Kier molecular flexibility index (Phi) is 4.25. The highest BCUT2D eigenvalue weighted by molar-refractivity contribution is 5.82. The molecule has 1 aromatic rings. The quantitative estimate of drug-likeness (QED) is 0.804. The number of anilines is 1. The van der Waals surface area contributed by atoms with Crippen molar-refractivity contribution in [3.63, 3.8) is 0 Å². The number of likely N-dealkylation sites (tertiary alicyclic amines) is 1. The van der Waals surface area contributed by atoms with Crippen LogP contribution in [-0.4, -0.2) is 66.5 Å². The van der Waals surface area contributed by atoms with Crippen molar-refractivity contribution in [2.75, 3.05) is 44.7 Å². The minimum atomic E-state index is 0.0519. The minimum Gasteiger partial charge on any atom is -0.352 e. The highest BCUT2D eigenvalue weighted by Gasteiger charge is 2.33. The third kappa shape index (κ3) is 2.77. The number of piperazine rings is 1. The van der Waals surface area contributed by atoms with Crippen LogP contribution in [0, 0.1) is 11.3 Å². The van der Waals surface area contributed by atoms with Gasteiger partial charge in [0.2, 0.25) is 5.91 Å². The van der Waals surface area contributed by atoms with E-state index in [4.69, 9.17) is 0 Å². The summed E-state index contributed by atoms with van der Waals surface area (Å²) in [6, 6.07) is 5.80. The third-order valence-corrected chi connectivity index (χ3v) is 4.60. The molecule has 1 atom stereocenters. The number of aromatic nitrogens is 1. The molecule has 1 amide bonds. The van der Waals surface area contributed by atoms with E-state index in [1.165, 1.54) is 0 Å². The van der Waals surface area contributed by atoms with E-state index in [1.807, 2.05) is 11.9 Å². The first-order valence-electron chi connectivity index (χ1n) is 7.80. The number of nitrogens with zero attached hydrogens (tertiary/aromatic N) is 5. The summed E-state index contributed by atoms with van der Waals surface area (Å²) in [6.45, 7) is 3.87. The van der Waals surface area contributed by atoms with Crippen LogP contribution in [0.3, 0.4) is 0 Å². The molecule has 3 heterocycles. The Hall–Kier alpha value is -2.13. The predicted molar refractivity (Wildman–Crippen MR) is 83.4 cm³/mol. The largest absolute Gasteiger partial charge is 0.352 e. The lowest BCUT2D eigenvalue weighted by Crippen LogP contribution is -2.53. The van der Waals surface area contributed by atoms with Gasteiger partial charge in [-0.25, -0.2) is 4.98 Å². The Balaban J connectivity index is 1.63. The lowest BCUT2D eigenvalue weighted by atomic mass is 10.1. The molecule has 2 saturated heterocycles. The second-order valence-corrected chi connectivity index (χ2v) is 5.94. The highest BCUT2D eigenvalue weighted by Crippen LogP contribution is 2.21.